The smallest absolute Gasteiger partial charge is 0.127 e. The maximum Gasteiger partial charge on any atom is 0.127 e. The molecule has 0 radical (unpaired) electrons. The molecule has 18 heavy (non-hydrogen) atoms. The highest BCUT2D eigenvalue weighted by atomic mass is 16.5. The molecule has 0 aromatic heterocycles. The summed E-state index contributed by atoms with van der Waals surface area (Å²) >= 11 is 0. The van der Waals surface area contributed by atoms with Gasteiger partial charge in [-0.25, -0.2) is 0 Å². The van der Waals surface area contributed by atoms with Gasteiger partial charge < -0.3 is 10.5 Å². The molecule has 0 aliphatic heterocycles. The molecule has 3 rings (SSSR count). The summed E-state index contributed by atoms with van der Waals surface area (Å²) in [7, 11) is 1.78. The van der Waals surface area contributed by atoms with Crippen LogP contribution >= 0.6 is 0 Å². The van der Waals surface area contributed by atoms with Crippen molar-refractivity contribution < 1.29 is 4.74 Å². The van der Waals surface area contributed by atoms with Gasteiger partial charge in [0.15, 0.2) is 0 Å². The molecule has 2 aliphatic rings. The molecule has 0 unspecified atom stereocenters. The number of methoxy groups -OCH3 is 1. The second-order valence-electron chi connectivity index (χ2n) is 5.98. The van der Waals surface area contributed by atoms with E-state index >= 15 is 0 Å². The largest absolute Gasteiger partial charge is 0.496 e. The van der Waals surface area contributed by atoms with Crippen LogP contribution in [0.4, 0.5) is 0 Å². The lowest BCUT2D eigenvalue weighted by molar-refractivity contribution is 0.398. The molecule has 0 saturated heterocycles. The highest BCUT2D eigenvalue weighted by Gasteiger charge is 2.44. The van der Waals surface area contributed by atoms with Crippen LogP contribution in [0.5, 0.6) is 5.75 Å². The Morgan fingerprint density at radius 2 is 1.56 bits per heavy atom. The predicted molar refractivity (Wildman–Crippen MR) is 74.2 cm³/mol. The van der Waals surface area contributed by atoms with Crippen molar-refractivity contribution >= 4 is 0 Å². The Labute approximate surface area is 110 Å². The quantitative estimate of drug-likeness (QED) is 0.868. The molecule has 1 aromatic rings. The first-order valence-electron chi connectivity index (χ1n) is 7.07. The van der Waals surface area contributed by atoms with E-state index in [-0.39, 0.29) is 5.54 Å². The molecule has 0 heterocycles. The van der Waals surface area contributed by atoms with Crippen LogP contribution in [0.15, 0.2) is 0 Å². The lowest BCUT2D eigenvalue weighted by atomic mass is 9.81. The number of fused-ring (bicyclic) bond motifs is 1. The maximum atomic E-state index is 6.47. The molecule has 2 aliphatic carbocycles. The van der Waals surface area contributed by atoms with Gasteiger partial charge in [-0.3, -0.25) is 0 Å². The molecule has 0 amide bonds. The van der Waals surface area contributed by atoms with Gasteiger partial charge in [0, 0.05) is 11.1 Å². The fourth-order valence-electron chi connectivity index (χ4n) is 3.62. The molecule has 1 saturated carbocycles. The van der Waals surface area contributed by atoms with Crippen molar-refractivity contribution in [2.75, 3.05) is 7.11 Å². The Morgan fingerprint density at radius 3 is 2.06 bits per heavy atom. The Morgan fingerprint density at radius 1 is 1.00 bits per heavy atom. The van der Waals surface area contributed by atoms with E-state index in [4.69, 9.17) is 10.5 Å². The summed E-state index contributed by atoms with van der Waals surface area (Å²) in [6.45, 7) is 4.45. The summed E-state index contributed by atoms with van der Waals surface area (Å²) in [5.41, 5.74) is 13.5. The summed E-state index contributed by atoms with van der Waals surface area (Å²) in [5.74, 6) is 1.06. The number of benzene rings is 1. The second-order valence-corrected chi connectivity index (χ2v) is 5.98. The molecule has 0 atom stereocenters. The molecule has 98 valence electrons. The zero-order valence-electron chi connectivity index (χ0n) is 11.7. The van der Waals surface area contributed by atoms with E-state index in [1.165, 1.54) is 47.9 Å². The van der Waals surface area contributed by atoms with E-state index in [1.807, 2.05) is 0 Å². The summed E-state index contributed by atoms with van der Waals surface area (Å²) in [6.07, 6.45) is 7.25. The van der Waals surface area contributed by atoms with Crippen molar-refractivity contribution in [1.82, 2.24) is 0 Å². The van der Waals surface area contributed by atoms with E-state index < -0.39 is 0 Å². The third-order valence-electron chi connectivity index (χ3n) is 4.81. The van der Waals surface area contributed by atoms with Gasteiger partial charge in [-0.1, -0.05) is 0 Å². The Kier molecular flexibility index (Phi) is 2.67. The van der Waals surface area contributed by atoms with Gasteiger partial charge in [-0.15, -0.1) is 0 Å². The Hall–Kier alpha value is -1.02. The summed E-state index contributed by atoms with van der Waals surface area (Å²) in [4.78, 5) is 0. The number of hydrogen-bond acceptors (Lipinski definition) is 2. The SMILES string of the molecule is COc1c(C)c2c(c(C)c1C1(N)CC1)CCCC2. The van der Waals surface area contributed by atoms with Crippen LogP contribution in [0.3, 0.4) is 0 Å². The lowest BCUT2D eigenvalue weighted by Gasteiger charge is -2.28. The zero-order chi connectivity index (χ0) is 12.9. The molecule has 0 bridgehead atoms. The fraction of sp³-hybridized carbons (Fsp3) is 0.625. The fourth-order valence-corrected chi connectivity index (χ4v) is 3.62. The molecule has 2 heteroatoms. The van der Waals surface area contributed by atoms with Crippen molar-refractivity contribution in [1.29, 1.82) is 0 Å². The number of rotatable bonds is 2. The Balaban J connectivity index is 2.27. The van der Waals surface area contributed by atoms with Crippen LogP contribution in [0.2, 0.25) is 0 Å². The molecular formula is C16H23NO. The van der Waals surface area contributed by atoms with Crippen LogP contribution < -0.4 is 10.5 Å². The van der Waals surface area contributed by atoms with Crippen LogP contribution in [0.25, 0.3) is 0 Å². The molecule has 1 aromatic carbocycles. The van der Waals surface area contributed by atoms with Gasteiger partial charge >= 0.3 is 0 Å². The van der Waals surface area contributed by atoms with Crippen molar-refractivity contribution in [3.05, 3.63) is 27.8 Å². The van der Waals surface area contributed by atoms with E-state index in [1.54, 1.807) is 12.7 Å². The summed E-state index contributed by atoms with van der Waals surface area (Å²) in [5, 5.41) is 0. The molecule has 2 N–H and O–H groups in total. The van der Waals surface area contributed by atoms with Crippen LogP contribution in [0, 0.1) is 13.8 Å². The van der Waals surface area contributed by atoms with Crippen LogP contribution in [-0.2, 0) is 18.4 Å². The van der Waals surface area contributed by atoms with Crippen molar-refractivity contribution in [2.24, 2.45) is 5.73 Å². The standard InChI is InChI=1S/C16H23NO/c1-10-12-6-4-5-7-13(12)11(2)15(18-3)14(10)16(17)8-9-16/h4-9,17H2,1-3H3. The van der Waals surface area contributed by atoms with Crippen LogP contribution in [0.1, 0.15) is 53.5 Å². The average Bonchev–Trinajstić information content (AvgIpc) is 3.12. The highest BCUT2D eigenvalue weighted by molar-refractivity contribution is 5.59. The predicted octanol–water partition coefficient (Wildman–Crippen LogP) is 3.14. The van der Waals surface area contributed by atoms with Crippen molar-refractivity contribution in [3.63, 3.8) is 0 Å². The van der Waals surface area contributed by atoms with Crippen molar-refractivity contribution in [3.8, 4) is 5.75 Å². The molecule has 0 spiro atoms. The lowest BCUT2D eigenvalue weighted by Crippen LogP contribution is -2.24. The van der Waals surface area contributed by atoms with E-state index in [0.717, 1.165) is 18.6 Å². The van der Waals surface area contributed by atoms with E-state index in [2.05, 4.69) is 13.8 Å². The molecule has 2 nitrogen and oxygen atoms in total. The van der Waals surface area contributed by atoms with E-state index in [9.17, 15) is 0 Å². The van der Waals surface area contributed by atoms with Crippen molar-refractivity contribution in [2.45, 2.75) is 57.9 Å². The molecular weight excluding hydrogens is 222 g/mol. The first kappa shape index (κ1) is 12.0. The number of nitrogens with two attached hydrogens (primary N) is 1. The summed E-state index contributed by atoms with van der Waals surface area (Å²) in [6, 6.07) is 0. The van der Waals surface area contributed by atoms with Gasteiger partial charge in [-0.05, 0) is 74.6 Å². The number of hydrogen-bond donors (Lipinski definition) is 1. The van der Waals surface area contributed by atoms with Gasteiger partial charge in [0.1, 0.15) is 5.75 Å². The highest BCUT2D eigenvalue weighted by Crippen LogP contribution is 2.51. The maximum absolute atomic E-state index is 6.47. The normalized spacial score (nSPS) is 20.4. The third-order valence-corrected chi connectivity index (χ3v) is 4.81. The first-order valence-corrected chi connectivity index (χ1v) is 7.07. The third kappa shape index (κ3) is 1.58. The first-order chi connectivity index (χ1) is 8.58. The van der Waals surface area contributed by atoms with Gasteiger partial charge in [0.25, 0.3) is 0 Å². The minimum atomic E-state index is -0.105. The monoisotopic (exact) mass is 245 g/mol. The Bertz CT molecular complexity index is 501. The topological polar surface area (TPSA) is 35.2 Å². The van der Waals surface area contributed by atoms with E-state index in [0.29, 0.717) is 0 Å². The minimum absolute atomic E-state index is 0.105. The minimum Gasteiger partial charge on any atom is -0.496 e. The van der Waals surface area contributed by atoms with Gasteiger partial charge in [0.2, 0.25) is 0 Å². The number of ether oxygens (including phenoxy) is 1. The van der Waals surface area contributed by atoms with Gasteiger partial charge in [0.05, 0.1) is 7.11 Å². The zero-order valence-corrected chi connectivity index (χ0v) is 11.7. The second kappa shape index (κ2) is 3.99. The molecule has 1 fully saturated rings. The van der Waals surface area contributed by atoms with Crippen LogP contribution in [-0.4, -0.2) is 7.11 Å². The van der Waals surface area contributed by atoms with Gasteiger partial charge in [-0.2, -0.15) is 0 Å². The average molecular weight is 245 g/mol. The summed E-state index contributed by atoms with van der Waals surface area (Å²) < 4.78 is 5.71.